The van der Waals surface area contributed by atoms with Gasteiger partial charge in [-0.2, -0.15) is 18.3 Å². The van der Waals surface area contributed by atoms with Gasteiger partial charge in [0.2, 0.25) is 5.91 Å². The molecular formula is C16H17F3N4O4. The summed E-state index contributed by atoms with van der Waals surface area (Å²) in [5.41, 5.74) is -1.48. The van der Waals surface area contributed by atoms with Crippen LogP contribution in [0.25, 0.3) is 0 Å². The molecule has 2 rings (SSSR count). The van der Waals surface area contributed by atoms with Crippen molar-refractivity contribution in [3.05, 3.63) is 45.8 Å². The Morgan fingerprint density at radius 3 is 2.59 bits per heavy atom. The van der Waals surface area contributed by atoms with Crippen molar-refractivity contribution in [2.75, 3.05) is 11.9 Å². The Bertz CT molecular complexity index is 864. The number of amides is 1. The lowest BCUT2D eigenvalue weighted by Crippen LogP contribution is -2.26. The SMILES string of the molecule is CCOc1ccc(NC(=O)C(C)n2nc(C(F)(F)F)cc2C)c([N+](=O)[O-])c1. The summed E-state index contributed by atoms with van der Waals surface area (Å²) < 4.78 is 44.4. The molecule has 11 heteroatoms. The standard InChI is InChI=1S/C16H17F3N4O4/c1-4-27-11-5-6-12(13(8-11)23(25)26)20-15(24)10(3)22-9(2)7-14(21-22)16(17,18)19/h5-8,10H,4H2,1-3H3,(H,20,24). The third-order valence-electron chi connectivity index (χ3n) is 3.69. The van der Waals surface area contributed by atoms with E-state index in [9.17, 15) is 28.1 Å². The van der Waals surface area contributed by atoms with Crippen LogP contribution in [-0.4, -0.2) is 27.2 Å². The van der Waals surface area contributed by atoms with Crippen molar-refractivity contribution in [1.29, 1.82) is 0 Å². The highest BCUT2D eigenvalue weighted by atomic mass is 19.4. The van der Waals surface area contributed by atoms with Gasteiger partial charge in [-0.3, -0.25) is 19.6 Å². The Labute approximate surface area is 152 Å². The topological polar surface area (TPSA) is 99.3 Å². The van der Waals surface area contributed by atoms with Gasteiger partial charge in [-0.15, -0.1) is 0 Å². The van der Waals surface area contributed by atoms with Crippen LogP contribution in [-0.2, 0) is 11.0 Å². The van der Waals surface area contributed by atoms with E-state index in [0.717, 1.165) is 16.8 Å². The number of nitro benzene ring substituents is 1. The number of nitrogens with zero attached hydrogens (tertiary/aromatic N) is 3. The third kappa shape index (κ3) is 4.54. The summed E-state index contributed by atoms with van der Waals surface area (Å²) >= 11 is 0. The number of anilines is 1. The van der Waals surface area contributed by atoms with Crippen LogP contribution in [0.2, 0.25) is 0 Å². The van der Waals surface area contributed by atoms with Crippen LogP contribution in [0.4, 0.5) is 24.5 Å². The minimum absolute atomic E-state index is 0.0962. The van der Waals surface area contributed by atoms with Gasteiger partial charge in [-0.25, -0.2) is 0 Å². The third-order valence-corrected chi connectivity index (χ3v) is 3.69. The summed E-state index contributed by atoms with van der Waals surface area (Å²) in [5.74, 6) is -0.491. The van der Waals surface area contributed by atoms with E-state index >= 15 is 0 Å². The van der Waals surface area contributed by atoms with Crippen molar-refractivity contribution in [2.24, 2.45) is 0 Å². The van der Waals surface area contributed by atoms with Crippen LogP contribution in [0.3, 0.4) is 0 Å². The first-order chi connectivity index (χ1) is 12.5. The van der Waals surface area contributed by atoms with Crippen molar-refractivity contribution in [2.45, 2.75) is 33.0 Å². The number of rotatable bonds is 6. The van der Waals surface area contributed by atoms with Crippen molar-refractivity contribution in [1.82, 2.24) is 9.78 Å². The highest BCUT2D eigenvalue weighted by molar-refractivity contribution is 5.95. The lowest BCUT2D eigenvalue weighted by Gasteiger charge is -2.15. The summed E-state index contributed by atoms with van der Waals surface area (Å²) in [4.78, 5) is 22.9. The lowest BCUT2D eigenvalue weighted by molar-refractivity contribution is -0.384. The van der Waals surface area contributed by atoms with Gasteiger partial charge in [0.05, 0.1) is 17.6 Å². The molecule has 1 unspecified atom stereocenters. The maximum atomic E-state index is 12.8. The average Bonchev–Trinajstić information content (AvgIpc) is 2.97. The Balaban J connectivity index is 2.27. The van der Waals surface area contributed by atoms with Gasteiger partial charge in [0, 0.05) is 5.69 Å². The summed E-state index contributed by atoms with van der Waals surface area (Å²) in [6.45, 7) is 4.74. The monoisotopic (exact) mass is 386 g/mol. The van der Waals surface area contributed by atoms with E-state index in [0.29, 0.717) is 6.61 Å². The quantitative estimate of drug-likeness (QED) is 0.603. The number of aryl methyl sites for hydroxylation is 1. The number of nitrogens with one attached hydrogen (secondary N) is 1. The molecule has 0 saturated carbocycles. The molecule has 8 nitrogen and oxygen atoms in total. The summed E-state index contributed by atoms with van der Waals surface area (Å²) in [5, 5.41) is 17.0. The zero-order chi connectivity index (χ0) is 20.4. The number of carbonyl (C=O) groups is 1. The summed E-state index contributed by atoms with van der Waals surface area (Å²) in [7, 11) is 0. The van der Waals surface area contributed by atoms with Crippen molar-refractivity contribution < 1.29 is 27.6 Å². The smallest absolute Gasteiger partial charge is 0.435 e. The van der Waals surface area contributed by atoms with E-state index in [1.165, 1.54) is 26.0 Å². The fourth-order valence-corrected chi connectivity index (χ4v) is 2.39. The molecule has 0 aliphatic rings. The first kappa shape index (κ1) is 20.2. The number of aromatic nitrogens is 2. The predicted molar refractivity (Wildman–Crippen MR) is 89.6 cm³/mol. The van der Waals surface area contributed by atoms with Crippen LogP contribution in [0.1, 0.15) is 31.3 Å². The highest BCUT2D eigenvalue weighted by Crippen LogP contribution is 2.31. The first-order valence-electron chi connectivity index (χ1n) is 7.90. The Morgan fingerprint density at radius 1 is 1.41 bits per heavy atom. The maximum Gasteiger partial charge on any atom is 0.435 e. The number of carbonyl (C=O) groups excluding carboxylic acids is 1. The van der Waals surface area contributed by atoms with Gasteiger partial charge in [-0.1, -0.05) is 0 Å². The molecule has 27 heavy (non-hydrogen) atoms. The first-order valence-corrected chi connectivity index (χ1v) is 7.90. The minimum Gasteiger partial charge on any atom is -0.494 e. The molecular weight excluding hydrogens is 369 g/mol. The molecule has 0 radical (unpaired) electrons. The van der Waals surface area contributed by atoms with E-state index < -0.39 is 34.4 Å². The second kappa shape index (κ2) is 7.64. The molecule has 1 atom stereocenters. The van der Waals surface area contributed by atoms with E-state index in [-0.39, 0.29) is 17.1 Å². The zero-order valence-electron chi connectivity index (χ0n) is 14.7. The molecule has 146 valence electrons. The molecule has 2 aromatic rings. The number of nitro groups is 1. The van der Waals surface area contributed by atoms with Crippen LogP contribution in [0, 0.1) is 17.0 Å². The minimum atomic E-state index is -4.64. The Kier molecular flexibility index (Phi) is 5.72. The Hall–Kier alpha value is -3.11. The van der Waals surface area contributed by atoms with Crippen molar-refractivity contribution >= 4 is 17.3 Å². The van der Waals surface area contributed by atoms with Crippen LogP contribution < -0.4 is 10.1 Å². The predicted octanol–water partition coefficient (Wildman–Crippen LogP) is 3.72. The van der Waals surface area contributed by atoms with Gasteiger partial charge in [0.15, 0.2) is 5.69 Å². The Morgan fingerprint density at radius 2 is 2.07 bits per heavy atom. The maximum absolute atomic E-state index is 12.8. The lowest BCUT2D eigenvalue weighted by atomic mass is 10.2. The van der Waals surface area contributed by atoms with Gasteiger partial charge < -0.3 is 10.1 Å². The van der Waals surface area contributed by atoms with E-state index in [1.54, 1.807) is 6.92 Å². The molecule has 0 fully saturated rings. The molecule has 0 saturated heterocycles. The number of halogens is 3. The van der Waals surface area contributed by atoms with Crippen LogP contribution >= 0.6 is 0 Å². The molecule has 1 amide bonds. The molecule has 0 bridgehead atoms. The molecule has 1 aromatic carbocycles. The molecule has 1 aromatic heterocycles. The second-order valence-corrected chi connectivity index (χ2v) is 5.65. The second-order valence-electron chi connectivity index (χ2n) is 5.65. The van der Waals surface area contributed by atoms with Gasteiger partial charge >= 0.3 is 6.18 Å². The zero-order valence-corrected chi connectivity index (χ0v) is 14.7. The number of benzene rings is 1. The number of hydrogen-bond donors (Lipinski definition) is 1. The normalized spacial score (nSPS) is 12.5. The number of hydrogen-bond acceptors (Lipinski definition) is 5. The molecule has 1 N–H and O–H groups in total. The van der Waals surface area contributed by atoms with E-state index in [2.05, 4.69) is 10.4 Å². The highest BCUT2D eigenvalue weighted by Gasteiger charge is 2.35. The summed E-state index contributed by atoms with van der Waals surface area (Å²) in [6.07, 6.45) is -4.64. The van der Waals surface area contributed by atoms with Crippen LogP contribution in [0.15, 0.2) is 24.3 Å². The van der Waals surface area contributed by atoms with E-state index in [4.69, 9.17) is 4.74 Å². The number of alkyl halides is 3. The fraction of sp³-hybridized carbons (Fsp3) is 0.375. The van der Waals surface area contributed by atoms with E-state index in [1.807, 2.05) is 0 Å². The van der Waals surface area contributed by atoms with Crippen molar-refractivity contribution in [3.63, 3.8) is 0 Å². The average molecular weight is 386 g/mol. The largest absolute Gasteiger partial charge is 0.494 e. The molecule has 0 spiro atoms. The van der Waals surface area contributed by atoms with Gasteiger partial charge in [0.25, 0.3) is 5.69 Å². The van der Waals surface area contributed by atoms with Gasteiger partial charge in [-0.05, 0) is 39.0 Å². The molecule has 0 aliphatic heterocycles. The molecule has 1 heterocycles. The van der Waals surface area contributed by atoms with Crippen LogP contribution in [0.5, 0.6) is 5.75 Å². The molecule has 0 aliphatic carbocycles. The van der Waals surface area contributed by atoms with Crippen molar-refractivity contribution in [3.8, 4) is 5.75 Å². The van der Waals surface area contributed by atoms with Gasteiger partial charge in [0.1, 0.15) is 17.5 Å². The number of ether oxygens (including phenoxy) is 1. The summed E-state index contributed by atoms with van der Waals surface area (Å²) in [6, 6.07) is 3.60. The fourth-order valence-electron chi connectivity index (χ4n) is 2.39.